The highest BCUT2D eigenvalue weighted by molar-refractivity contribution is 6.32. The minimum Gasteiger partial charge on any atom is -0.244 e. The largest absolute Gasteiger partial charge is 0.244 e. The molecule has 1 aromatic heterocycles. The monoisotopic (exact) mass is 336 g/mol. The van der Waals surface area contributed by atoms with E-state index in [2.05, 4.69) is 61.7 Å². The van der Waals surface area contributed by atoms with Gasteiger partial charge in [-0.15, -0.1) is 0 Å². The molecule has 5 aromatic rings. The van der Waals surface area contributed by atoms with Crippen molar-refractivity contribution in [3.8, 4) is 0 Å². The number of nitrogens with zero attached hydrogens (tertiary/aromatic N) is 2. The predicted octanol–water partition coefficient (Wildman–Crippen LogP) is 6.84. The Morgan fingerprint density at radius 1 is 0.654 bits per heavy atom. The van der Waals surface area contributed by atoms with Gasteiger partial charge >= 0.3 is 0 Å². The van der Waals surface area contributed by atoms with Crippen LogP contribution in [0.15, 0.2) is 61.7 Å². The Morgan fingerprint density at radius 2 is 1.08 bits per heavy atom. The van der Waals surface area contributed by atoms with Crippen molar-refractivity contribution < 1.29 is 0 Å². The van der Waals surface area contributed by atoms with Crippen LogP contribution in [-0.2, 0) is 0 Å². The first-order valence-electron chi connectivity index (χ1n) is 8.94. The third-order valence-corrected chi connectivity index (χ3v) is 4.73. The van der Waals surface area contributed by atoms with Crippen LogP contribution in [0.3, 0.4) is 0 Å². The van der Waals surface area contributed by atoms with Crippen LogP contribution in [-0.4, -0.2) is 9.97 Å². The van der Waals surface area contributed by atoms with Crippen LogP contribution in [0.5, 0.6) is 0 Å². The molecular formula is C24H20N2. The van der Waals surface area contributed by atoms with E-state index in [1.165, 1.54) is 21.5 Å². The van der Waals surface area contributed by atoms with Gasteiger partial charge in [-0.25, -0.2) is 9.97 Å². The minimum atomic E-state index is 0.771. The lowest BCUT2D eigenvalue weighted by Crippen LogP contribution is -1.96. The van der Waals surface area contributed by atoms with Gasteiger partial charge in [0.25, 0.3) is 0 Å². The van der Waals surface area contributed by atoms with Crippen molar-refractivity contribution in [2.45, 2.75) is 13.8 Å². The van der Waals surface area contributed by atoms with Crippen molar-refractivity contribution in [1.82, 2.24) is 9.97 Å². The normalized spacial score (nSPS) is 11.0. The summed E-state index contributed by atoms with van der Waals surface area (Å²) in [7, 11) is 0. The number of fused-ring (bicyclic) bond motifs is 3. The molecule has 2 heteroatoms. The zero-order valence-electron chi connectivity index (χ0n) is 15.1. The smallest absolute Gasteiger partial charge is 0.0979 e. The average molecular weight is 336 g/mol. The molecule has 126 valence electrons. The van der Waals surface area contributed by atoms with Gasteiger partial charge in [0.05, 0.1) is 22.4 Å². The number of benzene rings is 4. The molecular weight excluding hydrogens is 316 g/mol. The molecule has 0 bridgehead atoms. The van der Waals surface area contributed by atoms with E-state index < -0.39 is 0 Å². The molecule has 0 aliphatic heterocycles. The molecule has 0 aliphatic carbocycles. The average Bonchev–Trinajstić information content (AvgIpc) is 2.73. The summed E-state index contributed by atoms with van der Waals surface area (Å²) in [5.74, 6) is 0. The highest BCUT2D eigenvalue weighted by Gasteiger charge is 2.15. The van der Waals surface area contributed by atoms with Gasteiger partial charge in [0.2, 0.25) is 0 Å². The maximum absolute atomic E-state index is 4.86. The molecule has 0 N–H and O–H groups in total. The molecule has 0 aliphatic rings. The van der Waals surface area contributed by atoms with Gasteiger partial charge in [0.1, 0.15) is 0 Å². The molecule has 26 heavy (non-hydrogen) atoms. The molecule has 0 spiro atoms. The fourth-order valence-corrected chi connectivity index (χ4v) is 3.69. The van der Waals surface area contributed by atoms with Crippen LogP contribution in [0.1, 0.15) is 25.2 Å². The van der Waals surface area contributed by atoms with E-state index >= 15 is 0 Å². The summed E-state index contributed by atoms with van der Waals surface area (Å²) in [6.07, 6.45) is 3.48. The summed E-state index contributed by atoms with van der Waals surface area (Å²) < 4.78 is 0. The first kappa shape index (κ1) is 16.2. The van der Waals surface area contributed by atoms with Gasteiger partial charge in [-0.1, -0.05) is 75.5 Å². The van der Waals surface area contributed by atoms with Crippen molar-refractivity contribution >= 4 is 55.5 Å². The second kappa shape index (κ2) is 6.23. The van der Waals surface area contributed by atoms with Crippen molar-refractivity contribution in [3.05, 3.63) is 73.1 Å². The van der Waals surface area contributed by atoms with Crippen molar-refractivity contribution in [2.75, 3.05) is 0 Å². The molecule has 0 unspecified atom stereocenters. The van der Waals surface area contributed by atoms with Crippen LogP contribution < -0.4 is 0 Å². The summed E-state index contributed by atoms with van der Waals surface area (Å²) in [6.45, 7) is 11.7. The Morgan fingerprint density at radius 3 is 1.46 bits per heavy atom. The second-order valence-electron chi connectivity index (χ2n) is 5.97. The minimum absolute atomic E-state index is 0.771. The van der Waals surface area contributed by atoms with Crippen LogP contribution in [0.2, 0.25) is 0 Å². The van der Waals surface area contributed by atoms with Gasteiger partial charge in [0.15, 0.2) is 0 Å². The van der Waals surface area contributed by atoms with E-state index in [9.17, 15) is 0 Å². The maximum atomic E-state index is 4.86. The fraction of sp³-hybridized carbons (Fsp3) is 0.0833. The third kappa shape index (κ3) is 2.12. The summed E-state index contributed by atoms with van der Waals surface area (Å²) in [4.78, 5) is 9.72. The summed E-state index contributed by atoms with van der Waals surface area (Å²) in [6, 6.07) is 17.1. The molecule has 4 aromatic carbocycles. The van der Waals surface area contributed by atoms with Crippen molar-refractivity contribution in [3.63, 3.8) is 0 Å². The Balaban J connectivity index is 0.000000814. The molecule has 0 radical (unpaired) electrons. The number of aromatic nitrogens is 2. The summed E-state index contributed by atoms with van der Waals surface area (Å²) >= 11 is 0. The van der Waals surface area contributed by atoms with E-state index in [1.807, 2.05) is 13.8 Å². The number of rotatable bonds is 2. The lowest BCUT2D eigenvalue weighted by molar-refractivity contribution is 1.25. The number of hydrogen-bond acceptors (Lipinski definition) is 2. The molecule has 0 fully saturated rings. The van der Waals surface area contributed by atoms with E-state index in [0.29, 0.717) is 0 Å². The van der Waals surface area contributed by atoms with Gasteiger partial charge in [-0.3, -0.25) is 0 Å². The standard InChI is InChI=1S/C22H14N2.C2H6/c1-3-17-18(4-2)24-22-16-10-6-8-14-12-11-13-7-5-9-15(21(22)23-17)19(13)20(14)16;1-2/h3-12H,1-2H2;1-2H3. The SMILES string of the molecule is C=Cc1nc2c3cccc4ccc5cccc(c2nc1C=C)c5c43.CC. The highest BCUT2D eigenvalue weighted by Crippen LogP contribution is 2.39. The molecule has 1 heterocycles. The van der Waals surface area contributed by atoms with Gasteiger partial charge in [-0.2, -0.15) is 0 Å². The van der Waals surface area contributed by atoms with Crippen LogP contribution in [0.25, 0.3) is 55.5 Å². The van der Waals surface area contributed by atoms with Crippen LogP contribution >= 0.6 is 0 Å². The Labute approximate surface area is 152 Å². The van der Waals surface area contributed by atoms with E-state index in [0.717, 1.165) is 33.2 Å². The molecule has 0 atom stereocenters. The van der Waals surface area contributed by atoms with Gasteiger partial charge < -0.3 is 0 Å². The Kier molecular flexibility index (Phi) is 3.89. The van der Waals surface area contributed by atoms with E-state index in [4.69, 9.17) is 9.97 Å². The Bertz CT molecular complexity index is 1180. The first-order chi connectivity index (χ1) is 12.8. The van der Waals surface area contributed by atoms with Crippen LogP contribution in [0.4, 0.5) is 0 Å². The summed E-state index contributed by atoms with van der Waals surface area (Å²) in [5.41, 5.74) is 3.39. The van der Waals surface area contributed by atoms with Crippen molar-refractivity contribution in [2.24, 2.45) is 0 Å². The lowest BCUT2D eigenvalue weighted by atomic mass is 9.92. The third-order valence-electron chi connectivity index (χ3n) is 4.73. The van der Waals surface area contributed by atoms with Gasteiger partial charge in [0, 0.05) is 10.8 Å². The fourth-order valence-electron chi connectivity index (χ4n) is 3.69. The van der Waals surface area contributed by atoms with E-state index in [1.54, 1.807) is 12.2 Å². The molecule has 0 saturated heterocycles. The maximum Gasteiger partial charge on any atom is 0.0979 e. The molecule has 0 amide bonds. The van der Waals surface area contributed by atoms with E-state index in [-0.39, 0.29) is 0 Å². The predicted molar refractivity (Wildman–Crippen MR) is 115 cm³/mol. The molecule has 2 nitrogen and oxygen atoms in total. The first-order valence-corrected chi connectivity index (χ1v) is 8.94. The Hall–Kier alpha value is -3.26. The highest BCUT2D eigenvalue weighted by atomic mass is 14.8. The lowest BCUT2D eigenvalue weighted by Gasteiger charge is -2.14. The van der Waals surface area contributed by atoms with Crippen molar-refractivity contribution in [1.29, 1.82) is 0 Å². The quantitative estimate of drug-likeness (QED) is 0.260. The second-order valence-corrected chi connectivity index (χ2v) is 5.97. The zero-order valence-corrected chi connectivity index (χ0v) is 15.1. The topological polar surface area (TPSA) is 25.8 Å². The van der Waals surface area contributed by atoms with Crippen LogP contribution in [0, 0.1) is 0 Å². The number of hydrogen-bond donors (Lipinski definition) is 0. The van der Waals surface area contributed by atoms with Gasteiger partial charge in [-0.05, 0) is 33.7 Å². The summed E-state index contributed by atoms with van der Waals surface area (Å²) in [5, 5.41) is 7.25. The molecule has 5 rings (SSSR count). The molecule has 0 saturated carbocycles. The zero-order chi connectivity index (χ0) is 18.3.